The number of rotatable bonds is 11. The second-order valence-corrected chi connectivity index (χ2v) is 7.31. The van der Waals surface area contributed by atoms with Crippen molar-refractivity contribution in [3.8, 4) is 0 Å². The Bertz CT molecular complexity index is 636. The average molecular weight is 430 g/mol. The van der Waals surface area contributed by atoms with Gasteiger partial charge in [-0.2, -0.15) is 0 Å². The van der Waals surface area contributed by atoms with Gasteiger partial charge in [0, 0.05) is 44.2 Å². The summed E-state index contributed by atoms with van der Waals surface area (Å²) < 4.78 is 7.51. The Morgan fingerprint density at radius 3 is 2.18 bits per heavy atom. The zero-order valence-electron chi connectivity index (χ0n) is 17.7. The topological polar surface area (TPSA) is 86.3 Å². The molecule has 1 aromatic heterocycles. The van der Waals surface area contributed by atoms with E-state index < -0.39 is 0 Å². The first kappa shape index (κ1) is 24.6. The van der Waals surface area contributed by atoms with E-state index in [0.29, 0.717) is 16.8 Å². The minimum absolute atomic E-state index is 0.00454. The number of hydrogen-bond acceptors (Lipinski definition) is 5. The molecule has 8 nitrogen and oxygen atoms in total. The van der Waals surface area contributed by atoms with Gasteiger partial charge in [-0.25, -0.2) is 10.9 Å². The van der Waals surface area contributed by atoms with E-state index in [-0.39, 0.29) is 12.1 Å². The van der Waals surface area contributed by atoms with Crippen molar-refractivity contribution >= 4 is 34.7 Å². The Kier molecular flexibility index (Phi) is 11.3. The summed E-state index contributed by atoms with van der Waals surface area (Å²) in [6, 6.07) is 2.14. The monoisotopic (exact) mass is 429 g/mol. The third-order valence-corrected chi connectivity index (χ3v) is 4.89. The quantitative estimate of drug-likeness (QED) is 0.229. The molecule has 0 saturated heterocycles. The van der Waals surface area contributed by atoms with E-state index in [0.717, 1.165) is 19.6 Å². The highest BCUT2D eigenvalue weighted by Crippen LogP contribution is 2.24. The lowest BCUT2D eigenvalue weighted by Crippen LogP contribution is -2.55. The van der Waals surface area contributed by atoms with Crippen molar-refractivity contribution in [3.63, 3.8) is 0 Å². The normalized spacial score (nSPS) is 12.9. The van der Waals surface area contributed by atoms with Crippen LogP contribution < -0.4 is 32.3 Å². The van der Waals surface area contributed by atoms with Crippen LogP contribution in [0.25, 0.3) is 0 Å². The minimum Gasteiger partial charge on any atom is -0.383 e. The van der Waals surface area contributed by atoms with Gasteiger partial charge in [-0.15, -0.1) is 0 Å². The number of nitrogens with one attached hydrogen (secondary N) is 6. The fourth-order valence-corrected chi connectivity index (χ4v) is 3.36. The molecular weight excluding hydrogens is 394 g/mol. The first-order valence-corrected chi connectivity index (χ1v) is 10.4. The van der Waals surface area contributed by atoms with Gasteiger partial charge < -0.3 is 19.9 Å². The van der Waals surface area contributed by atoms with Crippen LogP contribution in [0.4, 0.5) is 0 Å². The standard InChI is InChI=1S/C18H35N7OS2/c1-7-19-17(27)23-21-13(4)16(22-24-18(28)20-8-2)15-11-12(3)25(14(15)5)9-10-26-6/h11,13,16,21-22H,7-10H2,1-6H3,(H2,19,23,27)(H2,20,24,28). The van der Waals surface area contributed by atoms with Crippen LogP contribution in [0.1, 0.15) is 43.8 Å². The van der Waals surface area contributed by atoms with Gasteiger partial charge in [0.25, 0.3) is 0 Å². The zero-order valence-corrected chi connectivity index (χ0v) is 19.4. The third kappa shape index (κ3) is 7.51. The summed E-state index contributed by atoms with van der Waals surface area (Å²) in [4.78, 5) is 0. The van der Waals surface area contributed by atoms with E-state index in [1.54, 1.807) is 7.11 Å². The minimum atomic E-state index is -0.0592. The Morgan fingerprint density at radius 2 is 1.64 bits per heavy atom. The van der Waals surface area contributed by atoms with Gasteiger partial charge >= 0.3 is 0 Å². The number of thiocarbonyl (C=S) groups is 2. The maximum atomic E-state index is 5.30. The van der Waals surface area contributed by atoms with Crippen LogP contribution in [-0.4, -0.2) is 47.6 Å². The van der Waals surface area contributed by atoms with Gasteiger partial charge in [-0.1, -0.05) is 0 Å². The molecule has 2 atom stereocenters. The zero-order chi connectivity index (χ0) is 21.1. The van der Waals surface area contributed by atoms with E-state index in [1.807, 2.05) is 13.8 Å². The number of nitrogens with zero attached hydrogens (tertiary/aromatic N) is 1. The van der Waals surface area contributed by atoms with Gasteiger partial charge in [0.1, 0.15) is 0 Å². The van der Waals surface area contributed by atoms with E-state index in [1.165, 1.54) is 17.0 Å². The summed E-state index contributed by atoms with van der Waals surface area (Å²) in [5.74, 6) is 0. The second-order valence-electron chi connectivity index (χ2n) is 6.49. The summed E-state index contributed by atoms with van der Waals surface area (Å²) >= 11 is 10.5. The number of aromatic nitrogens is 1. The predicted octanol–water partition coefficient (Wildman–Crippen LogP) is 1.16. The molecule has 0 aliphatic rings. The molecule has 0 aliphatic carbocycles. The molecule has 6 N–H and O–H groups in total. The molecule has 0 saturated carbocycles. The van der Waals surface area contributed by atoms with Crippen molar-refractivity contribution in [2.45, 2.75) is 53.2 Å². The molecule has 1 rings (SSSR count). The number of hydrogen-bond donors (Lipinski definition) is 6. The molecule has 10 heteroatoms. The molecule has 0 fully saturated rings. The molecule has 0 radical (unpaired) electrons. The van der Waals surface area contributed by atoms with Crippen molar-refractivity contribution < 1.29 is 4.74 Å². The molecule has 0 amide bonds. The van der Waals surface area contributed by atoms with Gasteiger partial charge in [0.15, 0.2) is 10.2 Å². The molecule has 1 heterocycles. The Morgan fingerprint density at radius 1 is 1.07 bits per heavy atom. The molecule has 0 aromatic carbocycles. The molecule has 160 valence electrons. The molecule has 0 bridgehead atoms. The highest BCUT2D eigenvalue weighted by molar-refractivity contribution is 7.80. The van der Waals surface area contributed by atoms with E-state index in [9.17, 15) is 0 Å². The Hall–Kier alpha value is -1.46. The van der Waals surface area contributed by atoms with E-state index in [4.69, 9.17) is 29.2 Å². The lowest BCUT2D eigenvalue weighted by atomic mass is 10.0. The van der Waals surface area contributed by atoms with Crippen molar-refractivity contribution in [1.82, 2.24) is 36.9 Å². The fourth-order valence-electron chi connectivity index (χ4n) is 2.96. The summed E-state index contributed by atoms with van der Waals surface area (Å²) in [5.41, 5.74) is 16.3. The lowest BCUT2D eigenvalue weighted by Gasteiger charge is -2.28. The highest BCUT2D eigenvalue weighted by Gasteiger charge is 2.24. The first-order chi connectivity index (χ1) is 13.3. The van der Waals surface area contributed by atoms with Crippen LogP contribution in [0.15, 0.2) is 6.07 Å². The Balaban J connectivity index is 2.99. The summed E-state index contributed by atoms with van der Waals surface area (Å²) in [6.07, 6.45) is 0. The number of hydrazine groups is 2. The van der Waals surface area contributed by atoms with Gasteiger partial charge in [0.05, 0.1) is 12.6 Å². The highest BCUT2D eigenvalue weighted by atomic mass is 32.1. The van der Waals surface area contributed by atoms with E-state index >= 15 is 0 Å². The summed E-state index contributed by atoms with van der Waals surface area (Å²) in [5, 5.41) is 7.28. The van der Waals surface area contributed by atoms with Crippen LogP contribution in [0, 0.1) is 13.8 Å². The second kappa shape index (κ2) is 12.9. The molecule has 2 unspecified atom stereocenters. The van der Waals surface area contributed by atoms with Crippen LogP contribution in [0.5, 0.6) is 0 Å². The number of aryl methyl sites for hydroxylation is 1. The average Bonchev–Trinajstić information content (AvgIpc) is 2.93. The molecule has 1 aromatic rings. The van der Waals surface area contributed by atoms with Crippen molar-refractivity contribution in [1.29, 1.82) is 0 Å². The summed E-state index contributed by atoms with van der Waals surface area (Å²) in [6.45, 7) is 13.3. The summed E-state index contributed by atoms with van der Waals surface area (Å²) in [7, 11) is 1.72. The van der Waals surface area contributed by atoms with E-state index in [2.05, 4.69) is 63.7 Å². The van der Waals surface area contributed by atoms with Gasteiger partial charge in [0.2, 0.25) is 0 Å². The van der Waals surface area contributed by atoms with Crippen molar-refractivity contribution in [3.05, 3.63) is 23.0 Å². The predicted molar refractivity (Wildman–Crippen MR) is 123 cm³/mol. The number of ether oxygens (including phenoxy) is 1. The lowest BCUT2D eigenvalue weighted by molar-refractivity contribution is 0.186. The fraction of sp³-hybridized carbons (Fsp3) is 0.667. The van der Waals surface area contributed by atoms with Crippen LogP contribution in [0.3, 0.4) is 0 Å². The van der Waals surface area contributed by atoms with Crippen LogP contribution >= 0.6 is 24.4 Å². The van der Waals surface area contributed by atoms with Gasteiger partial charge in [-0.05, 0) is 70.7 Å². The smallest absolute Gasteiger partial charge is 0.180 e. The molecular formula is C18H35N7OS2. The third-order valence-electron chi connectivity index (χ3n) is 4.40. The molecule has 0 spiro atoms. The van der Waals surface area contributed by atoms with Gasteiger partial charge in [-0.3, -0.25) is 10.9 Å². The van der Waals surface area contributed by atoms with Crippen LogP contribution in [0.2, 0.25) is 0 Å². The molecule has 0 aliphatic heterocycles. The molecule has 28 heavy (non-hydrogen) atoms. The van der Waals surface area contributed by atoms with Crippen molar-refractivity contribution in [2.75, 3.05) is 26.8 Å². The maximum absolute atomic E-state index is 5.30. The van der Waals surface area contributed by atoms with Crippen LogP contribution in [-0.2, 0) is 11.3 Å². The largest absolute Gasteiger partial charge is 0.383 e. The maximum Gasteiger partial charge on any atom is 0.180 e. The Labute approximate surface area is 179 Å². The number of methoxy groups -OCH3 is 1. The SMILES string of the molecule is CCNC(=S)NNC(C)C(NNC(=S)NCC)c1cc(C)n(CCOC)c1C. The first-order valence-electron chi connectivity index (χ1n) is 9.59. The van der Waals surface area contributed by atoms with Crippen molar-refractivity contribution in [2.24, 2.45) is 0 Å².